The quantitative estimate of drug-likeness (QED) is 0.804. The number of amides is 3. The first-order valence-electron chi connectivity index (χ1n) is 7.39. The van der Waals surface area contributed by atoms with Crippen LogP contribution in [0.5, 0.6) is 0 Å². The molecule has 2 aliphatic rings. The summed E-state index contributed by atoms with van der Waals surface area (Å²) in [5, 5.41) is 6.83. The molecule has 3 rings (SSSR count). The van der Waals surface area contributed by atoms with Crippen molar-refractivity contribution in [1.82, 2.24) is 24.9 Å². The van der Waals surface area contributed by atoms with Crippen molar-refractivity contribution in [2.45, 2.75) is 33.0 Å². The van der Waals surface area contributed by atoms with Crippen LogP contribution >= 0.6 is 0 Å². The molecule has 8 heteroatoms. The van der Waals surface area contributed by atoms with Crippen LogP contribution in [0.2, 0.25) is 0 Å². The van der Waals surface area contributed by atoms with Crippen molar-refractivity contribution >= 4 is 17.9 Å². The number of aliphatic imine (C=N–C) groups is 1. The van der Waals surface area contributed by atoms with Gasteiger partial charge in [-0.05, 0) is 26.8 Å². The van der Waals surface area contributed by atoms with E-state index in [1.807, 2.05) is 31.7 Å². The molecular weight excluding hydrogens is 296 g/mol. The van der Waals surface area contributed by atoms with Crippen LogP contribution in [0.1, 0.15) is 18.3 Å². The summed E-state index contributed by atoms with van der Waals surface area (Å²) in [6.07, 6.45) is -0.561. The minimum Gasteiger partial charge on any atom is -0.321 e. The number of rotatable bonds is 2. The summed E-state index contributed by atoms with van der Waals surface area (Å²) >= 11 is 0. The zero-order valence-electron chi connectivity index (χ0n) is 13.7. The van der Waals surface area contributed by atoms with Crippen molar-refractivity contribution in [2.24, 2.45) is 4.99 Å². The molecule has 3 heterocycles. The summed E-state index contributed by atoms with van der Waals surface area (Å²) in [7, 11) is 1.63. The van der Waals surface area contributed by atoms with Crippen LogP contribution in [0.15, 0.2) is 23.2 Å². The molecule has 1 aromatic rings. The number of nitrogens with one attached hydrogen (secondary N) is 1. The number of hydrogen-bond acceptors (Lipinski definition) is 5. The molecule has 0 saturated carbocycles. The molecule has 1 saturated heterocycles. The van der Waals surface area contributed by atoms with Gasteiger partial charge in [-0.2, -0.15) is 5.10 Å². The number of urea groups is 1. The Kier molecular flexibility index (Phi) is 3.46. The molecule has 8 nitrogen and oxygen atoms in total. The lowest BCUT2D eigenvalue weighted by Gasteiger charge is -2.36. The molecule has 1 aromatic heterocycles. The summed E-state index contributed by atoms with van der Waals surface area (Å²) in [6, 6.07) is 0.927. The maximum absolute atomic E-state index is 12.4. The Hall–Kier alpha value is -2.64. The van der Waals surface area contributed by atoms with E-state index in [1.165, 1.54) is 4.90 Å². The van der Waals surface area contributed by atoms with Gasteiger partial charge in [0.2, 0.25) is 5.96 Å². The van der Waals surface area contributed by atoms with Gasteiger partial charge in [0, 0.05) is 19.3 Å². The molecule has 0 bridgehead atoms. The number of carbonyl (C=O) groups is 2. The van der Waals surface area contributed by atoms with Gasteiger partial charge in [-0.25, -0.2) is 14.5 Å². The van der Waals surface area contributed by atoms with E-state index in [0.29, 0.717) is 12.5 Å². The molecule has 122 valence electrons. The van der Waals surface area contributed by atoms with E-state index >= 15 is 0 Å². The highest BCUT2D eigenvalue weighted by atomic mass is 16.2. The molecular formula is C15H20N6O2. The fourth-order valence-corrected chi connectivity index (χ4v) is 2.98. The Labute approximate surface area is 134 Å². The van der Waals surface area contributed by atoms with Gasteiger partial charge in [-0.15, -0.1) is 0 Å². The van der Waals surface area contributed by atoms with E-state index in [9.17, 15) is 9.59 Å². The van der Waals surface area contributed by atoms with Crippen LogP contribution in [-0.2, 0) is 4.79 Å². The smallest absolute Gasteiger partial charge is 0.321 e. The lowest BCUT2D eigenvalue weighted by molar-refractivity contribution is -0.127. The summed E-state index contributed by atoms with van der Waals surface area (Å²) in [5.41, 5.74) is 2.68. The third-order valence-corrected chi connectivity index (χ3v) is 3.98. The zero-order chi connectivity index (χ0) is 16.9. The second-order valence-corrected chi connectivity index (χ2v) is 6.12. The van der Waals surface area contributed by atoms with Crippen LogP contribution in [-0.4, -0.2) is 63.3 Å². The van der Waals surface area contributed by atoms with Crippen molar-refractivity contribution in [1.29, 1.82) is 0 Å². The second-order valence-electron chi connectivity index (χ2n) is 6.12. The van der Waals surface area contributed by atoms with Crippen LogP contribution in [0.4, 0.5) is 4.79 Å². The summed E-state index contributed by atoms with van der Waals surface area (Å²) in [5.74, 6) is 0.213. The first kappa shape index (κ1) is 15.3. The largest absolute Gasteiger partial charge is 0.325 e. The molecule has 0 radical (unpaired) electrons. The Morgan fingerprint density at radius 2 is 2.09 bits per heavy atom. The first-order valence-corrected chi connectivity index (χ1v) is 7.39. The molecule has 3 amide bonds. The van der Waals surface area contributed by atoms with E-state index in [2.05, 4.69) is 22.0 Å². The SMILES string of the molecule is C=C(C)CN1C(n2nc(C)cc2C)=NC2C1C(=O)NC(=O)N2C. The first-order chi connectivity index (χ1) is 10.8. The summed E-state index contributed by atoms with van der Waals surface area (Å²) < 4.78 is 1.71. The summed E-state index contributed by atoms with van der Waals surface area (Å²) in [6.45, 7) is 10.1. The van der Waals surface area contributed by atoms with Gasteiger partial charge < -0.3 is 9.80 Å². The molecule has 2 unspecified atom stereocenters. The van der Waals surface area contributed by atoms with Crippen molar-refractivity contribution in [3.05, 3.63) is 29.6 Å². The molecule has 2 aliphatic heterocycles. The number of hydrogen-bond donors (Lipinski definition) is 1. The minimum atomic E-state index is -0.576. The number of carbonyl (C=O) groups excluding carboxylic acids is 2. The molecule has 0 aliphatic carbocycles. The number of aryl methyl sites for hydroxylation is 2. The predicted molar refractivity (Wildman–Crippen MR) is 84.9 cm³/mol. The maximum atomic E-state index is 12.4. The average molecular weight is 316 g/mol. The number of fused-ring (bicyclic) bond motifs is 1. The van der Waals surface area contributed by atoms with Crippen molar-refractivity contribution < 1.29 is 9.59 Å². The van der Waals surface area contributed by atoms with Crippen LogP contribution in [0, 0.1) is 13.8 Å². The number of likely N-dealkylation sites (N-methyl/N-ethyl adjacent to an activating group) is 1. The fourth-order valence-electron chi connectivity index (χ4n) is 2.98. The van der Waals surface area contributed by atoms with E-state index < -0.39 is 18.2 Å². The Bertz CT molecular complexity index is 734. The molecule has 23 heavy (non-hydrogen) atoms. The molecule has 1 N–H and O–H groups in total. The van der Waals surface area contributed by atoms with Gasteiger partial charge in [0.15, 0.2) is 12.2 Å². The van der Waals surface area contributed by atoms with Crippen LogP contribution < -0.4 is 5.32 Å². The third kappa shape index (κ3) is 2.39. The highest BCUT2D eigenvalue weighted by Crippen LogP contribution is 2.25. The normalized spacial score (nSPS) is 23.7. The number of imide groups is 1. The van der Waals surface area contributed by atoms with Crippen molar-refractivity contribution in [2.75, 3.05) is 13.6 Å². The Morgan fingerprint density at radius 3 is 2.65 bits per heavy atom. The zero-order valence-corrected chi connectivity index (χ0v) is 13.7. The third-order valence-electron chi connectivity index (χ3n) is 3.98. The Balaban J connectivity index is 2.08. The minimum absolute atomic E-state index is 0.348. The standard InChI is InChI=1S/C15H20N6O2/c1-8(2)7-20-11-12(19(5)15(23)17-13(11)22)16-14(20)21-10(4)6-9(3)18-21/h6,11-12H,1,7H2,2-5H3,(H,17,22,23). The molecule has 2 atom stereocenters. The highest BCUT2D eigenvalue weighted by molar-refractivity contribution is 6.04. The molecule has 1 fully saturated rings. The fraction of sp³-hybridized carbons (Fsp3) is 0.467. The monoisotopic (exact) mass is 316 g/mol. The topological polar surface area (TPSA) is 82.8 Å². The molecule has 0 aromatic carbocycles. The van der Waals surface area contributed by atoms with Gasteiger partial charge in [0.1, 0.15) is 0 Å². The van der Waals surface area contributed by atoms with Gasteiger partial charge in [0.05, 0.1) is 5.69 Å². The van der Waals surface area contributed by atoms with Gasteiger partial charge >= 0.3 is 6.03 Å². The van der Waals surface area contributed by atoms with E-state index in [0.717, 1.165) is 17.0 Å². The van der Waals surface area contributed by atoms with E-state index in [1.54, 1.807) is 11.7 Å². The molecule has 0 spiro atoms. The Morgan fingerprint density at radius 1 is 1.39 bits per heavy atom. The van der Waals surface area contributed by atoms with Crippen LogP contribution in [0.25, 0.3) is 0 Å². The van der Waals surface area contributed by atoms with Crippen LogP contribution in [0.3, 0.4) is 0 Å². The van der Waals surface area contributed by atoms with Crippen molar-refractivity contribution in [3.63, 3.8) is 0 Å². The van der Waals surface area contributed by atoms with E-state index in [4.69, 9.17) is 0 Å². The van der Waals surface area contributed by atoms with Gasteiger partial charge in [-0.1, -0.05) is 12.2 Å². The average Bonchev–Trinajstić information content (AvgIpc) is 2.96. The number of nitrogens with zero attached hydrogens (tertiary/aromatic N) is 5. The summed E-state index contributed by atoms with van der Waals surface area (Å²) in [4.78, 5) is 32.1. The second kappa shape index (κ2) is 5.22. The van der Waals surface area contributed by atoms with Gasteiger partial charge in [-0.3, -0.25) is 10.1 Å². The lowest BCUT2D eigenvalue weighted by Crippen LogP contribution is -2.64. The number of aromatic nitrogens is 2. The van der Waals surface area contributed by atoms with Gasteiger partial charge in [0.25, 0.3) is 5.91 Å². The lowest BCUT2D eigenvalue weighted by atomic mass is 10.1. The maximum Gasteiger partial charge on any atom is 0.325 e. The van der Waals surface area contributed by atoms with E-state index in [-0.39, 0.29) is 5.91 Å². The predicted octanol–water partition coefficient (Wildman–Crippen LogP) is 0.472. The van der Waals surface area contributed by atoms with Crippen molar-refractivity contribution in [3.8, 4) is 0 Å². The highest BCUT2D eigenvalue weighted by Gasteiger charge is 2.49.